The van der Waals surface area contributed by atoms with Crippen LogP contribution in [0.15, 0.2) is 0 Å². The van der Waals surface area contributed by atoms with Gasteiger partial charge in [0.1, 0.15) is 11.6 Å². The quantitative estimate of drug-likeness (QED) is 0.670. The third-order valence-electron chi connectivity index (χ3n) is 5.02. The maximum absolute atomic E-state index is 13.1. The minimum absolute atomic E-state index is 0.000564. The summed E-state index contributed by atoms with van der Waals surface area (Å²) in [5, 5.41) is 2.68. The summed E-state index contributed by atoms with van der Waals surface area (Å²) in [4.78, 5) is 41.0. The fourth-order valence-corrected chi connectivity index (χ4v) is 3.62. The van der Waals surface area contributed by atoms with E-state index in [0.29, 0.717) is 26.1 Å². The SMILES string of the molecule is COC(=O)NC(CC(C)C)C(=O)N1CCCC(CN(C(=O)OC(C)(C)C)C(C)C)C1. The zero-order valence-corrected chi connectivity index (χ0v) is 20.0. The predicted octanol–water partition coefficient (Wildman–Crippen LogP) is 3.64. The monoisotopic (exact) mass is 427 g/mol. The van der Waals surface area contributed by atoms with Crippen molar-refractivity contribution in [1.29, 1.82) is 0 Å². The third-order valence-corrected chi connectivity index (χ3v) is 5.02. The lowest BCUT2D eigenvalue weighted by Gasteiger charge is -2.38. The molecule has 0 bridgehead atoms. The summed E-state index contributed by atoms with van der Waals surface area (Å²) >= 11 is 0. The van der Waals surface area contributed by atoms with E-state index in [-0.39, 0.29) is 29.9 Å². The molecule has 2 unspecified atom stereocenters. The van der Waals surface area contributed by atoms with Gasteiger partial charge in [-0.2, -0.15) is 0 Å². The number of amides is 3. The first kappa shape index (κ1) is 26.0. The molecule has 1 aliphatic rings. The Morgan fingerprint density at radius 1 is 1.17 bits per heavy atom. The first-order valence-corrected chi connectivity index (χ1v) is 11.0. The molecule has 3 amide bonds. The molecule has 0 spiro atoms. The van der Waals surface area contributed by atoms with Crippen LogP contribution < -0.4 is 5.32 Å². The normalized spacial score (nSPS) is 18.2. The van der Waals surface area contributed by atoms with Crippen LogP contribution in [0.3, 0.4) is 0 Å². The van der Waals surface area contributed by atoms with Crippen LogP contribution in [-0.4, -0.2) is 72.3 Å². The number of hydrogen-bond donors (Lipinski definition) is 1. The zero-order chi connectivity index (χ0) is 23.1. The van der Waals surface area contributed by atoms with Gasteiger partial charge in [0.2, 0.25) is 5.91 Å². The number of carbonyl (C=O) groups excluding carboxylic acids is 3. The summed E-state index contributed by atoms with van der Waals surface area (Å²) in [5.74, 6) is 0.322. The Kier molecular flexibility index (Phi) is 9.91. The molecule has 2 atom stereocenters. The number of ether oxygens (including phenoxy) is 2. The van der Waals surface area contributed by atoms with E-state index in [0.717, 1.165) is 12.8 Å². The first-order valence-electron chi connectivity index (χ1n) is 11.0. The van der Waals surface area contributed by atoms with Crippen LogP contribution in [0.2, 0.25) is 0 Å². The standard InChI is InChI=1S/C22H41N3O5/c1-15(2)12-18(23-20(27)29-8)19(26)24-11-9-10-17(13-24)14-25(16(3)4)21(28)30-22(5,6)7/h15-18H,9-14H2,1-8H3,(H,23,27). The molecule has 0 aromatic rings. The van der Waals surface area contributed by atoms with Crippen molar-refractivity contribution in [2.75, 3.05) is 26.7 Å². The van der Waals surface area contributed by atoms with Gasteiger partial charge in [0.15, 0.2) is 0 Å². The molecule has 174 valence electrons. The molecule has 0 saturated carbocycles. The molecule has 30 heavy (non-hydrogen) atoms. The maximum atomic E-state index is 13.1. The second kappa shape index (κ2) is 11.4. The highest BCUT2D eigenvalue weighted by Gasteiger charge is 2.33. The van der Waals surface area contributed by atoms with Gasteiger partial charge in [0, 0.05) is 25.7 Å². The number of alkyl carbamates (subject to hydrolysis) is 1. The number of hydrogen-bond acceptors (Lipinski definition) is 5. The molecule has 8 nitrogen and oxygen atoms in total. The lowest BCUT2D eigenvalue weighted by Crippen LogP contribution is -2.53. The van der Waals surface area contributed by atoms with Crippen molar-refractivity contribution in [3.63, 3.8) is 0 Å². The Labute approximate surface area is 181 Å². The average molecular weight is 428 g/mol. The van der Waals surface area contributed by atoms with Gasteiger partial charge in [-0.05, 0) is 65.7 Å². The van der Waals surface area contributed by atoms with Crippen LogP contribution in [0, 0.1) is 11.8 Å². The highest BCUT2D eigenvalue weighted by atomic mass is 16.6. The van der Waals surface area contributed by atoms with E-state index in [1.54, 1.807) is 4.90 Å². The molecule has 1 N–H and O–H groups in total. The van der Waals surface area contributed by atoms with Gasteiger partial charge in [0.25, 0.3) is 0 Å². The predicted molar refractivity (Wildman–Crippen MR) is 116 cm³/mol. The summed E-state index contributed by atoms with van der Waals surface area (Å²) in [6, 6.07) is -0.608. The van der Waals surface area contributed by atoms with Crippen molar-refractivity contribution in [3.05, 3.63) is 0 Å². The molecule has 1 aliphatic heterocycles. The van der Waals surface area contributed by atoms with E-state index in [2.05, 4.69) is 10.1 Å². The molecular weight excluding hydrogens is 386 g/mol. The Balaban J connectivity index is 2.83. The van der Waals surface area contributed by atoms with Gasteiger partial charge in [-0.3, -0.25) is 4.79 Å². The summed E-state index contributed by atoms with van der Waals surface area (Å²) < 4.78 is 10.2. The molecule has 1 saturated heterocycles. The molecule has 0 aromatic heterocycles. The van der Waals surface area contributed by atoms with Crippen LogP contribution in [0.25, 0.3) is 0 Å². The maximum Gasteiger partial charge on any atom is 0.410 e. The molecular formula is C22H41N3O5. The van der Waals surface area contributed by atoms with Crippen molar-refractivity contribution >= 4 is 18.1 Å². The number of nitrogens with zero attached hydrogens (tertiary/aromatic N) is 2. The van der Waals surface area contributed by atoms with Crippen LogP contribution in [0.4, 0.5) is 9.59 Å². The lowest BCUT2D eigenvalue weighted by molar-refractivity contribution is -0.135. The molecule has 1 heterocycles. The van der Waals surface area contributed by atoms with Crippen molar-refractivity contribution in [3.8, 4) is 0 Å². The van der Waals surface area contributed by atoms with Crippen molar-refractivity contribution < 1.29 is 23.9 Å². The third kappa shape index (κ3) is 8.79. The van der Waals surface area contributed by atoms with Crippen LogP contribution in [-0.2, 0) is 14.3 Å². The van der Waals surface area contributed by atoms with E-state index in [9.17, 15) is 14.4 Å². The average Bonchev–Trinajstić information content (AvgIpc) is 2.62. The van der Waals surface area contributed by atoms with Crippen LogP contribution in [0.5, 0.6) is 0 Å². The first-order chi connectivity index (χ1) is 13.8. The smallest absolute Gasteiger partial charge is 0.410 e. The van der Waals surface area contributed by atoms with E-state index in [1.165, 1.54) is 7.11 Å². The van der Waals surface area contributed by atoms with Gasteiger partial charge < -0.3 is 24.6 Å². The number of likely N-dealkylation sites (tertiary alicyclic amines) is 1. The van der Waals surface area contributed by atoms with Crippen molar-refractivity contribution in [2.24, 2.45) is 11.8 Å². The van der Waals surface area contributed by atoms with Gasteiger partial charge in [-0.15, -0.1) is 0 Å². The number of methoxy groups -OCH3 is 1. The topological polar surface area (TPSA) is 88.2 Å². The molecule has 0 aliphatic carbocycles. The number of piperidine rings is 1. The van der Waals surface area contributed by atoms with E-state index < -0.39 is 17.7 Å². The summed E-state index contributed by atoms with van der Waals surface area (Å²) in [7, 11) is 1.29. The second-order valence-corrected chi connectivity index (χ2v) is 9.84. The largest absolute Gasteiger partial charge is 0.453 e. The van der Waals surface area contributed by atoms with E-state index in [1.807, 2.05) is 53.4 Å². The fraction of sp³-hybridized carbons (Fsp3) is 0.864. The Hall–Kier alpha value is -1.99. The van der Waals surface area contributed by atoms with Gasteiger partial charge in [-0.1, -0.05) is 13.8 Å². The molecule has 8 heteroatoms. The lowest BCUT2D eigenvalue weighted by atomic mass is 9.95. The van der Waals surface area contributed by atoms with Crippen LogP contribution in [0.1, 0.15) is 67.7 Å². The number of carbonyl (C=O) groups is 3. The minimum atomic E-state index is -0.608. The van der Waals surface area contributed by atoms with Crippen molar-refractivity contribution in [1.82, 2.24) is 15.1 Å². The summed E-state index contributed by atoms with van der Waals surface area (Å²) in [5.41, 5.74) is -0.553. The van der Waals surface area contributed by atoms with Gasteiger partial charge in [0.05, 0.1) is 7.11 Å². The highest BCUT2D eigenvalue weighted by molar-refractivity contribution is 5.85. The number of rotatable bonds is 7. The second-order valence-electron chi connectivity index (χ2n) is 9.84. The minimum Gasteiger partial charge on any atom is -0.453 e. The van der Waals surface area contributed by atoms with E-state index >= 15 is 0 Å². The molecule has 0 aromatic carbocycles. The zero-order valence-electron chi connectivity index (χ0n) is 20.0. The number of nitrogens with one attached hydrogen (secondary N) is 1. The summed E-state index contributed by atoms with van der Waals surface area (Å²) in [6.45, 7) is 15.3. The van der Waals surface area contributed by atoms with Gasteiger partial charge in [-0.25, -0.2) is 9.59 Å². The Morgan fingerprint density at radius 2 is 1.80 bits per heavy atom. The fourth-order valence-electron chi connectivity index (χ4n) is 3.62. The highest BCUT2D eigenvalue weighted by Crippen LogP contribution is 2.22. The molecule has 1 fully saturated rings. The molecule has 0 radical (unpaired) electrons. The van der Waals surface area contributed by atoms with Gasteiger partial charge >= 0.3 is 12.2 Å². The Morgan fingerprint density at radius 3 is 2.30 bits per heavy atom. The van der Waals surface area contributed by atoms with E-state index in [4.69, 9.17) is 4.74 Å². The van der Waals surface area contributed by atoms with Crippen LogP contribution >= 0.6 is 0 Å². The molecule has 1 rings (SSSR count). The van der Waals surface area contributed by atoms with Crippen molar-refractivity contribution in [2.45, 2.75) is 85.4 Å². The Bertz CT molecular complexity index is 586. The summed E-state index contributed by atoms with van der Waals surface area (Å²) in [6.07, 6.45) is 1.42.